The van der Waals surface area contributed by atoms with Crippen LogP contribution in [-0.2, 0) is 19.5 Å². The molecule has 0 fully saturated rings. The molecule has 0 saturated carbocycles. The Labute approximate surface area is 221 Å². The summed E-state index contributed by atoms with van der Waals surface area (Å²) in [5, 5.41) is 11.1. The van der Waals surface area contributed by atoms with Crippen LogP contribution in [0.4, 0.5) is 5.13 Å². The number of thiazole rings is 1. The first-order valence-electron chi connectivity index (χ1n) is 12.3. The van der Waals surface area contributed by atoms with Gasteiger partial charge in [0, 0.05) is 66.6 Å². The Balaban J connectivity index is 1.49. The van der Waals surface area contributed by atoms with Crippen molar-refractivity contribution >= 4 is 40.1 Å². The van der Waals surface area contributed by atoms with Crippen molar-refractivity contribution in [1.82, 2.24) is 14.8 Å². The molecule has 8 nitrogen and oxygen atoms in total. The lowest BCUT2D eigenvalue weighted by atomic mass is 10.0. The predicted octanol–water partition coefficient (Wildman–Crippen LogP) is 4.38. The molecule has 1 aliphatic heterocycles. The maximum absolute atomic E-state index is 13.4. The maximum atomic E-state index is 13.4. The molecule has 0 spiro atoms. The van der Waals surface area contributed by atoms with Crippen molar-refractivity contribution in [3.63, 3.8) is 0 Å². The number of likely N-dealkylation sites (N-methyl/N-ethyl adjacent to an activating group) is 1. The molecule has 2 amide bonds. The van der Waals surface area contributed by atoms with Gasteiger partial charge in [0.25, 0.3) is 11.8 Å². The van der Waals surface area contributed by atoms with E-state index in [2.05, 4.69) is 22.2 Å². The number of anilines is 1. The summed E-state index contributed by atoms with van der Waals surface area (Å²) in [4.78, 5) is 36.2. The molecule has 0 radical (unpaired) electrons. The van der Waals surface area contributed by atoms with Gasteiger partial charge in [-0.3, -0.25) is 14.9 Å². The summed E-state index contributed by atoms with van der Waals surface area (Å²) < 4.78 is 0. The number of hydrogen-bond donors (Lipinski definition) is 3. The van der Waals surface area contributed by atoms with Gasteiger partial charge >= 0.3 is 0 Å². The molecule has 2 heterocycles. The van der Waals surface area contributed by atoms with Crippen LogP contribution in [0.25, 0.3) is 5.57 Å². The summed E-state index contributed by atoms with van der Waals surface area (Å²) in [5.74, 6) is -0.326. The van der Waals surface area contributed by atoms with E-state index in [4.69, 9.17) is 11.1 Å². The molecule has 9 heteroatoms. The number of allylic oxidation sites excluding steroid dienone is 1. The number of rotatable bonds is 9. The summed E-state index contributed by atoms with van der Waals surface area (Å²) in [6.45, 7) is 4.80. The number of carbonyl (C=O) groups excluding carboxylic acids is 2. The first kappa shape index (κ1) is 26.2. The maximum Gasteiger partial charge on any atom is 0.257 e. The van der Waals surface area contributed by atoms with Gasteiger partial charge in [-0.05, 0) is 48.9 Å². The number of nitrogens with one attached hydrogen (secondary N) is 2. The topological polar surface area (TPSA) is 115 Å². The largest absolute Gasteiger partial charge is 0.404 e. The average molecular weight is 517 g/mol. The molecule has 1 aromatic heterocycles. The lowest BCUT2D eigenvalue weighted by Crippen LogP contribution is -2.31. The van der Waals surface area contributed by atoms with Crippen molar-refractivity contribution in [2.24, 2.45) is 5.73 Å². The van der Waals surface area contributed by atoms with Gasteiger partial charge in [0.15, 0.2) is 5.13 Å². The molecule has 4 N–H and O–H groups in total. The van der Waals surface area contributed by atoms with Gasteiger partial charge in [0.05, 0.1) is 5.69 Å². The van der Waals surface area contributed by atoms with Gasteiger partial charge in [0.2, 0.25) is 0 Å². The van der Waals surface area contributed by atoms with E-state index in [1.165, 1.54) is 28.6 Å². The van der Waals surface area contributed by atoms with Crippen LogP contribution in [0.1, 0.15) is 55.8 Å². The molecule has 0 saturated heterocycles. The number of amides is 2. The zero-order valence-corrected chi connectivity index (χ0v) is 22.0. The number of benzene rings is 2. The summed E-state index contributed by atoms with van der Waals surface area (Å²) in [5.41, 5.74) is 9.87. The molecule has 1 aliphatic rings. The molecular formula is C28H32N6O2S. The van der Waals surface area contributed by atoms with Crippen molar-refractivity contribution in [2.45, 2.75) is 32.9 Å². The molecule has 0 bridgehead atoms. The van der Waals surface area contributed by atoms with Crippen molar-refractivity contribution in [2.75, 3.05) is 25.5 Å². The van der Waals surface area contributed by atoms with Crippen LogP contribution in [0.2, 0.25) is 0 Å². The van der Waals surface area contributed by atoms with E-state index in [9.17, 15) is 9.59 Å². The molecule has 192 valence electrons. The number of nitrogens with two attached hydrogens (primary N) is 1. The molecule has 3 aromatic rings. The second-order valence-electron chi connectivity index (χ2n) is 9.11. The molecule has 4 rings (SSSR count). The highest BCUT2D eigenvalue weighted by atomic mass is 32.1. The van der Waals surface area contributed by atoms with Gasteiger partial charge < -0.3 is 20.9 Å². The Morgan fingerprint density at radius 2 is 1.95 bits per heavy atom. The number of fused-ring (bicyclic) bond motifs is 1. The minimum atomic E-state index is -0.213. The number of carbonyl (C=O) groups is 2. The molecule has 0 atom stereocenters. The van der Waals surface area contributed by atoms with Crippen molar-refractivity contribution in [3.05, 3.63) is 87.6 Å². The smallest absolute Gasteiger partial charge is 0.257 e. The fourth-order valence-electron chi connectivity index (χ4n) is 4.34. The third-order valence-electron chi connectivity index (χ3n) is 6.26. The van der Waals surface area contributed by atoms with Gasteiger partial charge in [-0.25, -0.2) is 4.98 Å². The number of hydrogen-bond acceptors (Lipinski definition) is 7. The lowest BCUT2D eigenvalue weighted by Gasteiger charge is -2.23. The zero-order valence-electron chi connectivity index (χ0n) is 21.2. The Morgan fingerprint density at radius 1 is 1.19 bits per heavy atom. The van der Waals surface area contributed by atoms with Crippen LogP contribution in [0.3, 0.4) is 0 Å². The fourth-order valence-corrected chi connectivity index (χ4v) is 5.43. The van der Waals surface area contributed by atoms with E-state index in [0.717, 1.165) is 37.2 Å². The van der Waals surface area contributed by atoms with Crippen LogP contribution in [0, 0.1) is 5.41 Å². The molecule has 37 heavy (non-hydrogen) atoms. The molecule has 0 aliphatic carbocycles. The normalized spacial score (nSPS) is 13.6. The van der Waals surface area contributed by atoms with Crippen LogP contribution in [0.5, 0.6) is 0 Å². The highest BCUT2D eigenvalue weighted by Crippen LogP contribution is 2.28. The quantitative estimate of drug-likeness (QED) is 0.365. The fraction of sp³-hybridized carbons (Fsp3) is 0.286. The summed E-state index contributed by atoms with van der Waals surface area (Å²) in [6.07, 6.45) is 4.21. The minimum Gasteiger partial charge on any atom is -0.404 e. The number of aromatic nitrogens is 1. The van der Waals surface area contributed by atoms with Gasteiger partial charge in [0.1, 0.15) is 0 Å². The van der Waals surface area contributed by atoms with E-state index < -0.39 is 0 Å². The van der Waals surface area contributed by atoms with Crippen molar-refractivity contribution < 1.29 is 9.59 Å². The summed E-state index contributed by atoms with van der Waals surface area (Å²) >= 11 is 1.53. The van der Waals surface area contributed by atoms with Gasteiger partial charge in [-0.2, -0.15) is 0 Å². The second-order valence-corrected chi connectivity index (χ2v) is 10.2. The highest BCUT2D eigenvalue weighted by molar-refractivity contribution is 7.15. The summed E-state index contributed by atoms with van der Waals surface area (Å²) in [7, 11) is 2.08. The van der Waals surface area contributed by atoms with E-state index in [-0.39, 0.29) is 11.8 Å². The van der Waals surface area contributed by atoms with Gasteiger partial charge in [-0.15, -0.1) is 11.3 Å². The van der Waals surface area contributed by atoms with E-state index in [0.29, 0.717) is 40.5 Å². The number of nitrogens with zero attached hydrogens (tertiary/aromatic N) is 3. The zero-order chi connectivity index (χ0) is 26.4. The Morgan fingerprint density at radius 3 is 2.70 bits per heavy atom. The highest BCUT2D eigenvalue weighted by Gasteiger charge is 2.20. The average Bonchev–Trinajstić information content (AvgIpc) is 3.30. The van der Waals surface area contributed by atoms with Crippen LogP contribution in [-0.4, -0.2) is 52.9 Å². The molecule has 2 aromatic carbocycles. The first-order chi connectivity index (χ1) is 17.9. The Bertz CT molecular complexity index is 1330. The van der Waals surface area contributed by atoms with Crippen molar-refractivity contribution in [3.8, 4) is 0 Å². The van der Waals surface area contributed by atoms with E-state index in [1.54, 1.807) is 29.2 Å². The predicted molar refractivity (Wildman–Crippen MR) is 149 cm³/mol. The minimum absolute atomic E-state index is 0.113. The third-order valence-corrected chi connectivity index (χ3v) is 7.26. The van der Waals surface area contributed by atoms with Crippen LogP contribution < -0.4 is 11.1 Å². The molecule has 0 unspecified atom stereocenters. The van der Waals surface area contributed by atoms with Gasteiger partial charge in [-0.1, -0.05) is 31.2 Å². The first-order valence-corrected chi connectivity index (χ1v) is 13.1. The van der Waals surface area contributed by atoms with E-state index in [1.807, 2.05) is 31.2 Å². The van der Waals surface area contributed by atoms with Crippen molar-refractivity contribution in [1.29, 1.82) is 5.41 Å². The monoisotopic (exact) mass is 516 g/mol. The van der Waals surface area contributed by atoms with E-state index >= 15 is 0 Å². The van der Waals surface area contributed by atoms with Crippen LogP contribution >= 0.6 is 11.3 Å². The third kappa shape index (κ3) is 6.31. The lowest BCUT2D eigenvalue weighted by molar-refractivity contribution is 0.0743. The van der Waals surface area contributed by atoms with Crippen LogP contribution in [0.15, 0.2) is 54.7 Å². The summed E-state index contributed by atoms with van der Waals surface area (Å²) in [6, 6.07) is 14.5. The Hall–Kier alpha value is -3.82. The standard InChI is InChI=1S/C28H32N6O2S/c1-3-11-34(27(36)22-9-5-7-20(14-22)23(15-29)16-30)17-19-6-4-8-21(13-19)26(35)32-28-31-24-10-12-33(2)18-25(24)37-28/h4-9,13-16,29H,3,10-12,17-18,30H2,1-2H3,(H,31,32,35)/b23-16+,29-15?. The SMILES string of the molecule is CCCN(Cc1cccc(C(=O)Nc2nc3c(s2)CN(C)CC3)c1)C(=O)c1cccc(/C(C=N)=C/N)c1. The second kappa shape index (κ2) is 11.9. The molecular weight excluding hydrogens is 484 g/mol. The Kier molecular flexibility index (Phi) is 8.47.